The molecule has 39 heavy (non-hydrogen) atoms. The van der Waals surface area contributed by atoms with Crippen LogP contribution in [0.5, 0.6) is 5.75 Å². The molecule has 0 spiro atoms. The van der Waals surface area contributed by atoms with Crippen molar-refractivity contribution >= 4 is 11.9 Å². The smallest absolute Gasteiger partial charge is 0.417 e. The lowest BCUT2D eigenvalue weighted by Gasteiger charge is -2.23. The van der Waals surface area contributed by atoms with Crippen molar-refractivity contribution in [1.82, 2.24) is 5.32 Å². The highest BCUT2D eigenvalue weighted by atomic mass is 19.4. The number of ether oxygens (including phenoxy) is 1. The molecule has 1 atom stereocenters. The SMILES string of the molecule is CCCCCCC(Oc1ccc(C(=O)NCCC(=O)O)cc1F)c1ccc(-c2ccccc2)c(C(F)(F)F)c1. The first-order chi connectivity index (χ1) is 18.6. The summed E-state index contributed by atoms with van der Waals surface area (Å²) in [4.78, 5) is 22.8. The van der Waals surface area contributed by atoms with Crippen LogP contribution in [-0.4, -0.2) is 23.5 Å². The number of hydrogen-bond donors (Lipinski definition) is 2. The summed E-state index contributed by atoms with van der Waals surface area (Å²) in [6.07, 6.45) is -1.92. The van der Waals surface area contributed by atoms with Crippen LogP contribution < -0.4 is 10.1 Å². The normalized spacial score (nSPS) is 12.1. The number of amides is 1. The summed E-state index contributed by atoms with van der Waals surface area (Å²) in [7, 11) is 0. The number of rotatable bonds is 13. The van der Waals surface area contributed by atoms with Gasteiger partial charge in [-0.05, 0) is 53.8 Å². The van der Waals surface area contributed by atoms with Gasteiger partial charge in [0.15, 0.2) is 11.6 Å². The Morgan fingerprint density at radius 3 is 2.36 bits per heavy atom. The first-order valence-corrected chi connectivity index (χ1v) is 12.8. The summed E-state index contributed by atoms with van der Waals surface area (Å²) < 4.78 is 63.2. The third-order valence-corrected chi connectivity index (χ3v) is 6.21. The van der Waals surface area contributed by atoms with Gasteiger partial charge in [-0.3, -0.25) is 9.59 Å². The van der Waals surface area contributed by atoms with Crippen LogP contribution in [0.3, 0.4) is 0 Å². The Bertz CT molecular complexity index is 1260. The van der Waals surface area contributed by atoms with Crippen LogP contribution in [-0.2, 0) is 11.0 Å². The number of carbonyl (C=O) groups is 2. The molecule has 3 aromatic carbocycles. The topological polar surface area (TPSA) is 75.6 Å². The first kappa shape index (κ1) is 29.7. The van der Waals surface area contributed by atoms with Gasteiger partial charge in [-0.15, -0.1) is 0 Å². The molecule has 0 aliphatic carbocycles. The fraction of sp³-hybridized carbons (Fsp3) is 0.333. The molecule has 0 saturated carbocycles. The van der Waals surface area contributed by atoms with Crippen LogP contribution in [0.4, 0.5) is 17.6 Å². The minimum absolute atomic E-state index is 0.0312. The molecule has 3 aromatic rings. The maximum Gasteiger partial charge on any atom is 0.417 e. The van der Waals surface area contributed by atoms with Gasteiger partial charge in [-0.2, -0.15) is 13.2 Å². The molecule has 0 bridgehead atoms. The van der Waals surface area contributed by atoms with Gasteiger partial charge in [-0.1, -0.05) is 68.7 Å². The second-order valence-corrected chi connectivity index (χ2v) is 9.17. The van der Waals surface area contributed by atoms with E-state index in [2.05, 4.69) is 5.32 Å². The molecule has 208 valence electrons. The van der Waals surface area contributed by atoms with Crippen molar-refractivity contribution in [2.45, 2.75) is 57.7 Å². The van der Waals surface area contributed by atoms with E-state index < -0.39 is 35.5 Å². The van der Waals surface area contributed by atoms with E-state index >= 15 is 0 Å². The van der Waals surface area contributed by atoms with Crippen LogP contribution in [0.25, 0.3) is 11.1 Å². The summed E-state index contributed by atoms with van der Waals surface area (Å²) in [6.45, 7) is 1.93. The number of halogens is 4. The van der Waals surface area contributed by atoms with Crippen LogP contribution in [0.2, 0.25) is 0 Å². The molecule has 0 heterocycles. The van der Waals surface area contributed by atoms with E-state index in [1.54, 1.807) is 36.4 Å². The number of benzene rings is 3. The Balaban J connectivity index is 1.90. The lowest BCUT2D eigenvalue weighted by Crippen LogP contribution is -2.26. The zero-order chi connectivity index (χ0) is 28.4. The van der Waals surface area contributed by atoms with Gasteiger partial charge < -0.3 is 15.2 Å². The second kappa shape index (κ2) is 13.8. The van der Waals surface area contributed by atoms with Crippen molar-refractivity contribution in [2.24, 2.45) is 0 Å². The lowest BCUT2D eigenvalue weighted by atomic mass is 9.94. The van der Waals surface area contributed by atoms with E-state index in [0.717, 1.165) is 31.4 Å². The minimum Gasteiger partial charge on any atom is -0.483 e. The van der Waals surface area contributed by atoms with E-state index in [1.165, 1.54) is 18.2 Å². The van der Waals surface area contributed by atoms with Crippen molar-refractivity contribution < 1.29 is 37.0 Å². The number of aliphatic carboxylic acids is 1. The monoisotopic (exact) mass is 545 g/mol. The lowest BCUT2D eigenvalue weighted by molar-refractivity contribution is -0.137. The molecule has 3 rings (SSSR count). The molecule has 0 aliphatic heterocycles. The number of carbonyl (C=O) groups excluding carboxylic acids is 1. The molecular formula is C30H31F4NO4. The Morgan fingerprint density at radius 1 is 0.974 bits per heavy atom. The third-order valence-electron chi connectivity index (χ3n) is 6.21. The summed E-state index contributed by atoms with van der Waals surface area (Å²) in [6, 6.07) is 15.9. The first-order valence-electron chi connectivity index (χ1n) is 12.8. The van der Waals surface area contributed by atoms with Gasteiger partial charge in [0, 0.05) is 12.1 Å². The number of alkyl halides is 3. The van der Waals surface area contributed by atoms with E-state index in [-0.39, 0.29) is 35.4 Å². The van der Waals surface area contributed by atoms with Crippen LogP contribution in [0.1, 0.15) is 73.0 Å². The van der Waals surface area contributed by atoms with Crippen LogP contribution >= 0.6 is 0 Å². The van der Waals surface area contributed by atoms with Gasteiger partial charge in [0.05, 0.1) is 12.0 Å². The largest absolute Gasteiger partial charge is 0.483 e. The Hall–Kier alpha value is -3.88. The molecule has 0 saturated heterocycles. The molecular weight excluding hydrogens is 514 g/mol. The zero-order valence-electron chi connectivity index (χ0n) is 21.6. The summed E-state index contributed by atoms with van der Waals surface area (Å²) in [5.74, 6) is -2.78. The van der Waals surface area contributed by atoms with Crippen molar-refractivity contribution in [1.29, 1.82) is 0 Å². The Kier molecular flexibility index (Phi) is 10.5. The molecule has 0 fully saturated rings. The molecule has 0 aliphatic rings. The number of carboxylic acid groups (broad SMARTS) is 1. The minimum atomic E-state index is -4.62. The second-order valence-electron chi connectivity index (χ2n) is 9.17. The van der Waals surface area contributed by atoms with E-state index in [4.69, 9.17) is 9.84 Å². The molecule has 2 N–H and O–H groups in total. The molecule has 1 unspecified atom stereocenters. The van der Waals surface area contributed by atoms with Crippen molar-refractivity contribution in [3.8, 4) is 16.9 Å². The number of carboxylic acids is 1. The highest BCUT2D eigenvalue weighted by Gasteiger charge is 2.35. The standard InChI is InChI=1S/C30H31F4NO4/c1-2-3-4-8-11-26(39-27-15-13-22(19-25(27)31)29(38)35-17-16-28(36)37)21-12-14-23(20-9-6-5-7-10-20)24(18-21)30(32,33)34/h5-7,9-10,12-15,18-19,26H,2-4,8,11,16-17H2,1H3,(H,35,38)(H,36,37). The highest BCUT2D eigenvalue weighted by Crippen LogP contribution is 2.40. The summed E-state index contributed by atoms with van der Waals surface area (Å²) in [5, 5.41) is 11.1. The predicted octanol–water partition coefficient (Wildman–Crippen LogP) is 7.81. The third kappa shape index (κ3) is 8.56. The van der Waals surface area contributed by atoms with Gasteiger partial charge in [0.1, 0.15) is 6.10 Å². The van der Waals surface area contributed by atoms with Gasteiger partial charge in [-0.25, -0.2) is 4.39 Å². The van der Waals surface area contributed by atoms with Gasteiger partial charge in [0.25, 0.3) is 5.91 Å². The summed E-state index contributed by atoms with van der Waals surface area (Å²) in [5.41, 5.74) is -0.0898. The van der Waals surface area contributed by atoms with Crippen LogP contribution in [0, 0.1) is 5.82 Å². The molecule has 0 aromatic heterocycles. The Labute approximate surface area is 224 Å². The predicted molar refractivity (Wildman–Crippen MR) is 140 cm³/mol. The van der Waals surface area contributed by atoms with E-state index in [9.17, 15) is 27.2 Å². The van der Waals surface area contributed by atoms with Crippen molar-refractivity contribution in [3.63, 3.8) is 0 Å². The van der Waals surface area contributed by atoms with E-state index in [1.807, 2.05) is 6.92 Å². The van der Waals surface area contributed by atoms with Gasteiger partial charge in [0.2, 0.25) is 0 Å². The van der Waals surface area contributed by atoms with Crippen molar-refractivity contribution in [3.05, 3.63) is 89.2 Å². The summed E-state index contributed by atoms with van der Waals surface area (Å²) >= 11 is 0. The molecule has 0 radical (unpaired) electrons. The molecule has 5 nitrogen and oxygen atoms in total. The fourth-order valence-corrected chi connectivity index (χ4v) is 4.19. The van der Waals surface area contributed by atoms with E-state index in [0.29, 0.717) is 18.4 Å². The van der Waals surface area contributed by atoms with Crippen molar-refractivity contribution in [2.75, 3.05) is 6.54 Å². The number of nitrogens with one attached hydrogen (secondary N) is 1. The van der Waals surface area contributed by atoms with Crippen LogP contribution in [0.15, 0.2) is 66.7 Å². The quantitative estimate of drug-likeness (QED) is 0.170. The molecule has 9 heteroatoms. The number of unbranched alkanes of at least 4 members (excludes halogenated alkanes) is 3. The average molecular weight is 546 g/mol. The highest BCUT2D eigenvalue weighted by molar-refractivity contribution is 5.94. The zero-order valence-corrected chi connectivity index (χ0v) is 21.6. The fourth-order valence-electron chi connectivity index (χ4n) is 4.19. The number of hydrogen-bond acceptors (Lipinski definition) is 3. The maximum atomic E-state index is 15.0. The average Bonchev–Trinajstić information content (AvgIpc) is 2.90. The van der Waals surface area contributed by atoms with Gasteiger partial charge >= 0.3 is 12.1 Å². The Morgan fingerprint density at radius 2 is 1.72 bits per heavy atom. The maximum absolute atomic E-state index is 15.0. The molecule has 1 amide bonds.